The zero-order valence-electron chi connectivity index (χ0n) is 19.8. The predicted molar refractivity (Wildman–Crippen MR) is 128 cm³/mol. The van der Waals surface area contributed by atoms with E-state index in [9.17, 15) is 4.79 Å². The number of fused-ring (bicyclic) bond motifs is 1. The number of carbonyl (C=O) groups excluding carboxylic acids is 1. The van der Waals surface area contributed by atoms with Crippen LogP contribution in [0.5, 0.6) is 0 Å². The van der Waals surface area contributed by atoms with E-state index >= 15 is 4.39 Å². The summed E-state index contributed by atoms with van der Waals surface area (Å²) in [5, 5.41) is 14.7. The van der Waals surface area contributed by atoms with Crippen LogP contribution in [0.3, 0.4) is 0 Å². The van der Waals surface area contributed by atoms with Crippen molar-refractivity contribution in [3.05, 3.63) is 53.6 Å². The molecule has 4 heterocycles. The van der Waals surface area contributed by atoms with E-state index in [1.165, 1.54) is 6.07 Å². The minimum absolute atomic E-state index is 0.0213. The minimum Gasteiger partial charge on any atom is -0.353 e. The number of nitrogens with two attached hydrogens (primary N) is 1. The molecule has 1 aliphatic heterocycles. The van der Waals surface area contributed by atoms with Crippen molar-refractivity contribution < 1.29 is 13.7 Å². The molecule has 0 bridgehead atoms. The molecule has 1 saturated heterocycles. The molecule has 10 nitrogen and oxygen atoms in total. The first-order valence-corrected chi connectivity index (χ1v) is 11.5. The third-order valence-corrected chi connectivity index (χ3v) is 6.06. The molecule has 0 unspecified atom stereocenters. The highest BCUT2D eigenvalue weighted by Gasteiger charge is 2.26. The van der Waals surface area contributed by atoms with E-state index < -0.39 is 11.7 Å². The zero-order valence-corrected chi connectivity index (χ0v) is 19.8. The van der Waals surface area contributed by atoms with Gasteiger partial charge in [-0.1, -0.05) is 38.1 Å². The van der Waals surface area contributed by atoms with Crippen LogP contribution in [0, 0.1) is 5.82 Å². The third-order valence-electron chi connectivity index (χ3n) is 6.06. The van der Waals surface area contributed by atoms with Gasteiger partial charge < -0.3 is 20.5 Å². The number of aromatic amines is 1. The molecule has 5 rings (SSSR count). The summed E-state index contributed by atoms with van der Waals surface area (Å²) >= 11 is 0. The molecule has 1 aliphatic rings. The van der Waals surface area contributed by atoms with Crippen molar-refractivity contribution in [2.24, 2.45) is 5.73 Å². The quantitative estimate of drug-likeness (QED) is 0.398. The van der Waals surface area contributed by atoms with E-state index in [2.05, 4.69) is 35.5 Å². The maximum atomic E-state index is 15.1. The highest BCUT2D eigenvalue weighted by molar-refractivity contribution is 6.00. The van der Waals surface area contributed by atoms with Crippen LogP contribution in [0.2, 0.25) is 0 Å². The average molecular weight is 479 g/mol. The number of aromatic nitrogens is 5. The molecule has 11 heteroatoms. The first-order valence-electron chi connectivity index (χ1n) is 11.5. The van der Waals surface area contributed by atoms with E-state index in [0.717, 1.165) is 29.7 Å². The minimum atomic E-state index is -0.556. The van der Waals surface area contributed by atoms with Crippen molar-refractivity contribution in [3.63, 3.8) is 0 Å². The molecule has 1 amide bonds. The lowest BCUT2D eigenvalue weighted by molar-refractivity contribution is 0.0906. The summed E-state index contributed by atoms with van der Waals surface area (Å²) in [7, 11) is 0. The SMILES string of the molecule is CC(C)(C)c1noc(C(=O)NCc2ccc(-c3ccnc4[nH]nc(N5CC[C@@H](N)C5)c34)cc2F)n1. The molecule has 1 atom stereocenters. The van der Waals surface area contributed by atoms with Gasteiger partial charge in [-0.05, 0) is 29.7 Å². The highest BCUT2D eigenvalue weighted by atomic mass is 19.1. The first kappa shape index (κ1) is 22.9. The van der Waals surface area contributed by atoms with Gasteiger partial charge in [0.25, 0.3) is 0 Å². The number of rotatable bonds is 5. The smallest absolute Gasteiger partial charge is 0.315 e. The lowest BCUT2D eigenvalue weighted by Crippen LogP contribution is -2.26. The first-order chi connectivity index (χ1) is 16.7. The molecule has 0 saturated carbocycles. The van der Waals surface area contributed by atoms with Gasteiger partial charge >= 0.3 is 11.8 Å². The fraction of sp³-hybridized carbons (Fsp3) is 0.375. The Morgan fingerprint density at radius 1 is 1.34 bits per heavy atom. The van der Waals surface area contributed by atoms with Crippen LogP contribution in [0.15, 0.2) is 35.0 Å². The lowest BCUT2D eigenvalue weighted by atomic mass is 9.96. The molecule has 4 N–H and O–H groups in total. The normalized spacial score (nSPS) is 16.3. The Labute approximate surface area is 201 Å². The molecule has 0 aliphatic carbocycles. The number of nitrogens with one attached hydrogen (secondary N) is 2. The van der Waals surface area contributed by atoms with Crippen LogP contribution in [0.25, 0.3) is 22.2 Å². The molecule has 3 aromatic heterocycles. The number of anilines is 1. The second-order valence-electron chi connectivity index (χ2n) is 9.79. The summed E-state index contributed by atoms with van der Waals surface area (Å²) in [5.41, 5.74) is 8.19. The van der Waals surface area contributed by atoms with Gasteiger partial charge in [0.2, 0.25) is 0 Å². The van der Waals surface area contributed by atoms with Crippen molar-refractivity contribution in [3.8, 4) is 11.1 Å². The maximum absolute atomic E-state index is 15.1. The fourth-order valence-corrected chi connectivity index (χ4v) is 4.11. The molecule has 182 valence electrons. The number of amides is 1. The molecule has 35 heavy (non-hydrogen) atoms. The standard InChI is InChI=1S/C24H27FN8O2/c1-24(2,3)23-29-22(35-32-23)21(34)28-11-14-5-4-13(10-17(14)25)16-6-8-27-19-18(16)20(31-30-19)33-9-7-15(26)12-33/h4-6,8,10,15H,7,9,11-12,26H2,1-3H3,(H,28,34)(H,27,30,31)/t15-/m1/s1. The monoisotopic (exact) mass is 478 g/mol. The number of benzene rings is 1. The van der Waals surface area contributed by atoms with Crippen molar-refractivity contribution in [2.75, 3.05) is 18.0 Å². The van der Waals surface area contributed by atoms with Gasteiger partial charge in [0, 0.05) is 42.9 Å². The molecular formula is C24H27FN8O2. The van der Waals surface area contributed by atoms with E-state index in [1.807, 2.05) is 32.9 Å². The van der Waals surface area contributed by atoms with Crippen molar-refractivity contribution in [1.29, 1.82) is 0 Å². The molecular weight excluding hydrogens is 451 g/mol. The predicted octanol–water partition coefficient (Wildman–Crippen LogP) is 2.91. The van der Waals surface area contributed by atoms with Crippen LogP contribution in [0.4, 0.5) is 10.2 Å². The molecule has 0 radical (unpaired) electrons. The molecule has 1 aromatic carbocycles. The van der Waals surface area contributed by atoms with Gasteiger partial charge in [-0.25, -0.2) is 9.37 Å². The van der Waals surface area contributed by atoms with Crippen molar-refractivity contribution >= 4 is 22.8 Å². The van der Waals surface area contributed by atoms with Crippen LogP contribution in [-0.2, 0) is 12.0 Å². The number of H-pyrrole nitrogens is 1. The van der Waals surface area contributed by atoms with E-state index in [-0.39, 0.29) is 23.9 Å². The van der Waals surface area contributed by atoms with E-state index in [4.69, 9.17) is 10.3 Å². The zero-order chi connectivity index (χ0) is 24.7. The summed E-state index contributed by atoms with van der Waals surface area (Å²) in [6.07, 6.45) is 2.55. The van der Waals surface area contributed by atoms with Crippen LogP contribution < -0.4 is 16.0 Å². The molecule has 0 spiro atoms. The Hall–Kier alpha value is -3.86. The fourth-order valence-electron chi connectivity index (χ4n) is 4.11. The number of carbonyl (C=O) groups is 1. The van der Waals surface area contributed by atoms with Gasteiger partial charge in [-0.15, -0.1) is 0 Å². The van der Waals surface area contributed by atoms with Gasteiger partial charge in [0.05, 0.1) is 5.39 Å². The van der Waals surface area contributed by atoms with Gasteiger partial charge in [0.15, 0.2) is 17.3 Å². The summed E-state index contributed by atoms with van der Waals surface area (Å²) in [5.74, 6) is 0.0414. The van der Waals surface area contributed by atoms with Crippen LogP contribution in [-0.4, -0.2) is 50.4 Å². The topological polar surface area (TPSA) is 139 Å². The summed E-state index contributed by atoms with van der Waals surface area (Å²) < 4.78 is 20.1. The van der Waals surface area contributed by atoms with Gasteiger partial charge in [0.1, 0.15) is 5.82 Å². The number of pyridine rings is 1. The Kier molecular flexibility index (Phi) is 5.72. The summed E-state index contributed by atoms with van der Waals surface area (Å²) in [6.45, 7) is 7.24. The average Bonchev–Trinajstić information content (AvgIpc) is 3.56. The van der Waals surface area contributed by atoms with E-state index in [0.29, 0.717) is 29.1 Å². The Morgan fingerprint density at radius 3 is 2.86 bits per heavy atom. The number of halogens is 1. The van der Waals surface area contributed by atoms with Gasteiger partial charge in [-0.2, -0.15) is 10.1 Å². The molecule has 1 fully saturated rings. The summed E-state index contributed by atoms with van der Waals surface area (Å²) in [6, 6.07) is 6.86. The second kappa shape index (κ2) is 8.73. The van der Waals surface area contributed by atoms with E-state index in [1.54, 1.807) is 12.3 Å². The number of hydrogen-bond acceptors (Lipinski definition) is 8. The number of nitrogens with zero attached hydrogens (tertiary/aromatic N) is 5. The Balaban J connectivity index is 1.36. The maximum Gasteiger partial charge on any atom is 0.315 e. The van der Waals surface area contributed by atoms with Crippen molar-refractivity contribution in [2.45, 2.75) is 45.2 Å². The molecule has 4 aromatic rings. The Bertz CT molecular complexity index is 1390. The highest BCUT2D eigenvalue weighted by Crippen LogP contribution is 2.35. The number of hydrogen-bond donors (Lipinski definition) is 3. The van der Waals surface area contributed by atoms with Gasteiger partial charge in [-0.3, -0.25) is 9.89 Å². The largest absolute Gasteiger partial charge is 0.353 e. The van der Waals surface area contributed by atoms with Crippen LogP contribution >= 0.6 is 0 Å². The van der Waals surface area contributed by atoms with Crippen LogP contribution in [0.1, 0.15) is 49.3 Å². The van der Waals surface area contributed by atoms with Crippen molar-refractivity contribution in [1.82, 2.24) is 30.6 Å². The Morgan fingerprint density at radius 2 is 2.17 bits per heavy atom. The summed E-state index contributed by atoms with van der Waals surface area (Å²) in [4.78, 5) is 23.0. The second-order valence-corrected chi connectivity index (χ2v) is 9.79. The third kappa shape index (κ3) is 4.46. The lowest BCUT2D eigenvalue weighted by Gasteiger charge is -2.16.